The summed E-state index contributed by atoms with van der Waals surface area (Å²) in [4.78, 5) is 0. The summed E-state index contributed by atoms with van der Waals surface area (Å²) < 4.78 is 34.3. The van der Waals surface area contributed by atoms with Gasteiger partial charge in [0.25, 0.3) is 0 Å². The monoisotopic (exact) mass is 182 g/mol. The number of unbranched alkanes of at least 4 members (excludes halogenated alkanes) is 3. The first-order valence-electron chi connectivity index (χ1n) is 3.84. The van der Waals surface area contributed by atoms with Gasteiger partial charge in [-0.15, -0.1) is 0 Å². The largest absolute Gasteiger partial charge is 0.325 e. The van der Waals surface area contributed by atoms with E-state index < -0.39 is 14.1 Å². The predicted molar refractivity (Wildman–Crippen MR) is 41.3 cm³/mol. The van der Waals surface area contributed by atoms with Crippen LogP contribution in [0.4, 0.5) is 8.78 Å². The van der Waals surface area contributed by atoms with Crippen LogP contribution in [0.2, 0.25) is 0 Å². The Morgan fingerprint density at radius 1 is 1.27 bits per heavy atom. The van der Waals surface area contributed by atoms with Crippen molar-refractivity contribution in [3.8, 4) is 0 Å². The van der Waals surface area contributed by atoms with Crippen molar-refractivity contribution in [2.45, 2.75) is 44.7 Å². The first-order valence-corrected chi connectivity index (χ1v) is 4.66. The van der Waals surface area contributed by atoms with E-state index in [1.54, 1.807) is 0 Å². The van der Waals surface area contributed by atoms with Crippen LogP contribution in [0.15, 0.2) is 0 Å². The molecule has 0 N–H and O–H groups in total. The summed E-state index contributed by atoms with van der Waals surface area (Å²) in [6, 6.07) is 0. The Kier molecular flexibility index (Phi) is 5.57. The molecule has 0 aliphatic carbocycles. The van der Waals surface area contributed by atoms with Crippen LogP contribution in [0, 0.1) is 0 Å². The first-order chi connectivity index (χ1) is 5.12. The molecular weight excluding hydrogens is 169 g/mol. The minimum atomic E-state index is -2.99. The number of hydrogen-bond donors (Lipinski definition) is 0. The van der Waals surface area contributed by atoms with Gasteiger partial charge in [0.15, 0.2) is 0 Å². The van der Waals surface area contributed by atoms with Gasteiger partial charge in [0.05, 0.1) is 0 Å². The molecule has 0 heterocycles. The highest BCUT2D eigenvalue weighted by atomic mass is 31.1. The van der Waals surface area contributed by atoms with Crippen molar-refractivity contribution >= 4 is 8.46 Å². The van der Waals surface area contributed by atoms with E-state index in [4.69, 9.17) is 0 Å². The van der Waals surface area contributed by atoms with Crippen LogP contribution in [0.5, 0.6) is 0 Å². The molecule has 0 unspecified atom stereocenters. The average molecular weight is 182 g/mol. The zero-order valence-corrected chi connectivity index (χ0v) is 7.54. The van der Waals surface area contributed by atoms with E-state index in [-0.39, 0.29) is 6.42 Å². The molecule has 0 aromatic rings. The van der Waals surface area contributed by atoms with Crippen molar-refractivity contribution in [3.05, 3.63) is 0 Å². The Balaban J connectivity index is 3.30. The van der Waals surface area contributed by atoms with Crippen LogP contribution in [0.25, 0.3) is 0 Å². The van der Waals surface area contributed by atoms with Crippen molar-refractivity contribution in [1.29, 1.82) is 0 Å². The molecular formula is C7H13F2OP. The molecule has 0 radical (unpaired) electrons. The maximum atomic E-state index is 12.3. The highest BCUT2D eigenvalue weighted by Gasteiger charge is 2.28. The number of rotatable bonds is 6. The third kappa shape index (κ3) is 6.36. The van der Waals surface area contributed by atoms with Gasteiger partial charge in [-0.25, -0.2) is 0 Å². The topological polar surface area (TPSA) is 17.1 Å². The van der Waals surface area contributed by atoms with Crippen molar-refractivity contribution in [2.24, 2.45) is 0 Å². The Morgan fingerprint density at radius 3 is 2.36 bits per heavy atom. The lowest BCUT2D eigenvalue weighted by molar-refractivity contribution is 0.0847. The molecule has 0 fully saturated rings. The lowest BCUT2D eigenvalue weighted by Crippen LogP contribution is -2.04. The Hall–Kier alpha value is -0.0400. The quantitative estimate of drug-likeness (QED) is 0.450. The SMILES string of the molecule is CCCCCCC(F)(F)P=O. The van der Waals surface area contributed by atoms with Crippen LogP contribution >= 0.6 is 8.46 Å². The van der Waals surface area contributed by atoms with Crippen molar-refractivity contribution in [3.63, 3.8) is 0 Å². The molecule has 1 nitrogen and oxygen atoms in total. The Morgan fingerprint density at radius 2 is 1.91 bits per heavy atom. The van der Waals surface area contributed by atoms with E-state index in [9.17, 15) is 13.3 Å². The fraction of sp³-hybridized carbons (Fsp3) is 1.00. The molecule has 0 rings (SSSR count). The van der Waals surface area contributed by atoms with Gasteiger partial charge in [-0.3, -0.25) is 4.57 Å². The van der Waals surface area contributed by atoms with Crippen molar-refractivity contribution < 1.29 is 13.3 Å². The second-order valence-electron chi connectivity index (χ2n) is 2.57. The molecule has 0 amide bonds. The smallest absolute Gasteiger partial charge is 0.268 e. The molecule has 0 atom stereocenters. The average Bonchev–Trinajstić information content (AvgIpc) is 1.99. The summed E-state index contributed by atoms with van der Waals surface area (Å²) in [6.45, 7) is 2.02. The van der Waals surface area contributed by atoms with Gasteiger partial charge in [-0.1, -0.05) is 26.2 Å². The summed E-state index contributed by atoms with van der Waals surface area (Å²) in [5.74, 6) is 0. The fourth-order valence-corrected chi connectivity index (χ4v) is 1.06. The van der Waals surface area contributed by atoms with Gasteiger partial charge in [0, 0.05) is 6.42 Å². The van der Waals surface area contributed by atoms with Crippen LogP contribution in [0.3, 0.4) is 0 Å². The zero-order valence-electron chi connectivity index (χ0n) is 6.65. The van der Waals surface area contributed by atoms with Gasteiger partial charge in [0.1, 0.15) is 0 Å². The van der Waals surface area contributed by atoms with E-state index in [0.717, 1.165) is 19.3 Å². The molecule has 0 aliphatic heterocycles. The third-order valence-electron chi connectivity index (χ3n) is 1.46. The fourth-order valence-electron chi connectivity index (χ4n) is 0.810. The minimum Gasteiger partial charge on any atom is -0.268 e. The van der Waals surface area contributed by atoms with Crippen molar-refractivity contribution in [1.82, 2.24) is 0 Å². The standard InChI is InChI=1S/C7H13F2OP/c1-2-3-4-5-6-7(8,9)11-10/h2-6H2,1H3. The minimum absolute atomic E-state index is 0.252. The first kappa shape index (κ1) is 11.0. The van der Waals surface area contributed by atoms with E-state index in [0.29, 0.717) is 6.42 Å². The van der Waals surface area contributed by atoms with E-state index in [1.165, 1.54) is 0 Å². The van der Waals surface area contributed by atoms with E-state index in [2.05, 4.69) is 0 Å². The molecule has 0 saturated heterocycles. The molecule has 0 aromatic carbocycles. The van der Waals surface area contributed by atoms with Crippen LogP contribution < -0.4 is 0 Å². The van der Waals surface area contributed by atoms with E-state index in [1.807, 2.05) is 6.92 Å². The maximum absolute atomic E-state index is 12.3. The van der Waals surface area contributed by atoms with E-state index >= 15 is 0 Å². The Labute approximate surface area is 67.4 Å². The molecule has 0 saturated carbocycles. The van der Waals surface area contributed by atoms with Crippen LogP contribution in [0.1, 0.15) is 39.0 Å². The number of hydrogen-bond acceptors (Lipinski definition) is 1. The van der Waals surface area contributed by atoms with Gasteiger partial charge < -0.3 is 0 Å². The molecule has 66 valence electrons. The third-order valence-corrected chi connectivity index (χ3v) is 1.96. The summed E-state index contributed by atoms with van der Waals surface area (Å²) in [7, 11) is -1.04. The van der Waals surface area contributed by atoms with Crippen LogP contribution in [-0.2, 0) is 4.57 Å². The van der Waals surface area contributed by atoms with Gasteiger partial charge in [-0.2, -0.15) is 8.78 Å². The number of alkyl halides is 2. The summed E-state index contributed by atoms with van der Waals surface area (Å²) in [6.07, 6.45) is 3.03. The zero-order chi connectivity index (χ0) is 8.74. The van der Waals surface area contributed by atoms with Gasteiger partial charge in [0.2, 0.25) is 8.46 Å². The van der Waals surface area contributed by atoms with Crippen molar-refractivity contribution in [2.75, 3.05) is 0 Å². The summed E-state index contributed by atoms with van der Waals surface area (Å²) in [5, 5.41) is 0. The number of halogens is 2. The van der Waals surface area contributed by atoms with Gasteiger partial charge in [-0.05, 0) is 6.42 Å². The highest BCUT2D eigenvalue weighted by Crippen LogP contribution is 2.32. The molecule has 0 bridgehead atoms. The second kappa shape index (κ2) is 5.59. The van der Waals surface area contributed by atoms with Gasteiger partial charge >= 0.3 is 5.66 Å². The molecule has 0 aromatic heterocycles. The molecule has 0 aliphatic rings. The second-order valence-corrected chi connectivity index (χ2v) is 3.40. The maximum Gasteiger partial charge on any atom is 0.325 e. The molecule has 4 heteroatoms. The normalized spacial score (nSPS) is 12.3. The van der Waals surface area contributed by atoms with Crippen LogP contribution in [-0.4, -0.2) is 5.66 Å². The molecule has 0 spiro atoms. The highest BCUT2D eigenvalue weighted by molar-refractivity contribution is 7.25. The summed E-state index contributed by atoms with van der Waals surface area (Å²) in [5.41, 5.74) is -2.99. The lowest BCUT2D eigenvalue weighted by Gasteiger charge is -2.05. The summed E-state index contributed by atoms with van der Waals surface area (Å²) >= 11 is 0. The molecule has 11 heavy (non-hydrogen) atoms. The lowest BCUT2D eigenvalue weighted by atomic mass is 10.2. The predicted octanol–water partition coefficient (Wildman–Crippen LogP) is 3.84. The Bertz CT molecular complexity index is 117.